The lowest BCUT2D eigenvalue weighted by Crippen LogP contribution is -2.15. The molecule has 140 valence electrons. The maximum atomic E-state index is 12.3. The first-order valence-electron chi connectivity index (χ1n) is 9.06. The topological polar surface area (TPSA) is 62.7 Å². The standard InChI is InChI=1S/C21H24N4OS/c1-14(2)16-8-10-18(11-9-16)22-19(26)12-13-25-20(23-24-21(25)27)17-6-4-15(3)5-7-17/h4-11,14H,12-13H2,1-3H3,(H,22,26)(H,24,27). The summed E-state index contributed by atoms with van der Waals surface area (Å²) in [6.07, 6.45) is 0.318. The molecule has 0 aliphatic heterocycles. The number of amides is 1. The van der Waals surface area contributed by atoms with Crippen molar-refractivity contribution in [2.45, 2.75) is 39.7 Å². The van der Waals surface area contributed by atoms with Gasteiger partial charge in [0.25, 0.3) is 0 Å². The fraction of sp³-hybridized carbons (Fsp3) is 0.286. The Hall–Kier alpha value is -2.73. The molecule has 0 saturated carbocycles. The zero-order valence-electron chi connectivity index (χ0n) is 15.8. The second-order valence-electron chi connectivity index (χ2n) is 6.94. The van der Waals surface area contributed by atoms with Gasteiger partial charge in [-0.1, -0.05) is 55.8 Å². The van der Waals surface area contributed by atoms with Gasteiger partial charge >= 0.3 is 0 Å². The first kappa shape index (κ1) is 19.0. The van der Waals surface area contributed by atoms with Crippen molar-refractivity contribution in [3.8, 4) is 11.4 Å². The number of aromatic amines is 1. The van der Waals surface area contributed by atoms with E-state index in [9.17, 15) is 4.79 Å². The van der Waals surface area contributed by atoms with Crippen LogP contribution in [0.25, 0.3) is 11.4 Å². The first-order chi connectivity index (χ1) is 12.9. The highest BCUT2D eigenvalue weighted by molar-refractivity contribution is 7.71. The van der Waals surface area contributed by atoms with E-state index in [0.717, 1.165) is 17.1 Å². The van der Waals surface area contributed by atoms with Gasteiger partial charge in [0.2, 0.25) is 5.91 Å². The molecular formula is C21H24N4OS. The minimum atomic E-state index is -0.0507. The molecule has 1 heterocycles. The molecule has 0 spiro atoms. The molecule has 5 nitrogen and oxygen atoms in total. The lowest BCUT2D eigenvalue weighted by Gasteiger charge is -2.10. The van der Waals surface area contributed by atoms with Crippen molar-refractivity contribution in [3.05, 3.63) is 64.4 Å². The van der Waals surface area contributed by atoms with Crippen molar-refractivity contribution >= 4 is 23.8 Å². The van der Waals surface area contributed by atoms with Gasteiger partial charge in [-0.25, -0.2) is 0 Å². The van der Waals surface area contributed by atoms with Crippen molar-refractivity contribution < 1.29 is 4.79 Å². The Morgan fingerprint density at radius 3 is 2.44 bits per heavy atom. The van der Waals surface area contributed by atoms with Crippen LogP contribution in [-0.2, 0) is 11.3 Å². The second-order valence-corrected chi connectivity index (χ2v) is 7.33. The molecule has 0 fully saturated rings. The Bertz CT molecular complexity index is 969. The van der Waals surface area contributed by atoms with E-state index in [2.05, 4.69) is 29.4 Å². The molecule has 0 unspecified atom stereocenters. The predicted octanol–water partition coefficient (Wildman–Crippen LogP) is 5.07. The summed E-state index contributed by atoms with van der Waals surface area (Å²) in [5.74, 6) is 1.16. The van der Waals surface area contributed by atoms with E-state index in [4.69, 9.17) is 12.2 Å². The van der Waals surface area contributed by atoms with Crippen LogP contribution in [-0.4, -0.2) is 20.7 Å². The number of hydrogen-bond acceptors (Lipinski definition) is 3. The Balaban J connectivity index is 1.66. The van der Waals surface area contributed by atoms with Crippen LogP contribution in [0.1, 0.15) is 37.3 Å². The zero-order chi connectivity index (χ0) is 19.4. The summed E-state index contributed by atoms with van der Waals surface area (Å²) in [6, 6.07) is 16.0. The molecule has 3 aromatic rings. The number of benzene rings is 2. The van der Waals surface area contributed by atoms with Crippen molar-refractivity contribution in [1.29, 1.82) is 0 Å². The molecule has 1 amide bonds. The summed E-state index contributed by atoms with van der Waals surface area (Å²) in [5.41, 5.74) is 4.21. The maximum absolute atomic E-state index is 12.3. The van der Waals surface area contributed by atoms with E-state index >= 15 is 0 Å². The lowest BCUT2D eigenvalue weighted by molar-refractivity contribution is -0.116. The van der Waals surface area contributed by atoms with Crippen LogP contribution >= 0.6 is 12.2 Å². The average molecular weight is 381 g/mol. The fourth-order valence-electron chi connectivity index (χ4n) is 2.84. The van der Waals surface area contributed by atoms with E-state index in [-0.39, 0.29) is 5.91 Å². The normalized spacial score (nSPS) is 11.0. The van der Waals surface area contributed by atoms with Gasteiger partial charge in [-0.15, -0.1) is 0 Å². The van der Waals surface area contributed by atoms with Crippen LogP contribution in [0.5, 0.6) is 0 Å². The van der Waals surface area contributed by atoms with E-state index in [1.807, 2.05) is 60.0 Å². The molecule has 1 aromatic heterocycles. The van der Waals surface area contributed by atoms with Crippen molar-refractivity contribution in [2.24, 2.45) is 0 Å². The predicted molar refractivity (Wildman–Crippen MR) is 111 cm³/mol. The molecular weight excluding hydrogens is 356 g/mol. The molecule has 3 rings (SSSR count). The second kappa shape index (κ2) is 8.31. The van der Waals surface area contributed by atoms with Crippen LogP contribution in [0.15, 0.2) is 48.5 Å². The monoisotopic (exact) mass is 380 g/mol. The number of H-pyrrole nitrogens is 1. The van der Waals surface area contributed by atoms with Crippen molar-refractivity contribution in [1.82, 2.24) is 14.8 Å². The van der Waals surface area contributed by atoms with Crippen molar-refractivity contribution in [3.63, 3.8) is 0 Å². The summed E-state index contributed by atoms with van der Waals surface area (Å²) in [4.78, 5) is 12.3. The largest absolute Gasteiger partial charge is 0.326 e. The summed E-state index contributed by atoms with van der Waals surface area (Å²) in [7, 11) is 0. The number of rotatable bonds is 6. The molecule has 27 heavy (non-hydrogen) atoms. The van der Waals surface area contributed by atoms with Crippen LogP contribution in [0, 0.1) is 11.7 Å². The number of hydrogen-bond donors (Lipinski definition) is 2. The molecule has 0 saturated heterocycles. The van der Waals surface area contributed by atoms with E-state index in [1.54, 1.807) is 0 Å². The number of nitrogens with zero attached hydrogens (tertiary/aromatic N) is 2. The lowest BCUT2D eigenvalue weighted by atomic mass is 10.0. The molecule has 2 N–H and O–H groups in total. The number of anilines is 1. The smallest absolute Gasteiger partial charge is 0.226 e. The third-order valence-corrected chi connectivity index (χ3v) is 4.80. The van der Waals surface area contributed by atoms with Gasteiger partial charge < -0.3 is 5.32 Å². The van der Waals surface area contributed by atoms with Crippen LogP contribution < -0.4 is 5.32 Å². The molecule has 0 bridgehead atoms. The quantitative estimate of drug-likeness (QED) is 0.587. The summed E-state index contributed by atoms with van der Waals surface area (Å²) in [6.45, 7) is 6.80. The third-order valence-electron chi connectivity index (χ3n) is 4.49. The summed E-state index contributed by atoms with van der Waals surface area (Å²) < 4.78 is 2.38. The number of carbonyl (C=O) groups is 1. The number of carbonyl (C=O) groups excluding carboxylic acids is 1. The average Bonchev–Trinajstić information content (AvgIpc) is 3.01. The minimum absolute atomic E-state index is 0.0507. The van der Waals surface area contributed by atoms with Crippen LogP contribution in [0.2, 0.25) is 0 Å². The highest BCUT2D eigenvalue weighted by atomic mass is 32.1. The number of nitrogens with one attached hydrogen (secondary N) is 2. The molecule has 0 aliphatic rings. The summed E-state index contributed by atoms with van der Waals surface area (Å²) >= 11 is 5.33. The van der Waals surface area contributed by atoms with Gasteiger partial charge in [0.15, 0.2) is 10.6 Å². The van der Waals surface area contributed by atoms with Crippen LogP contribution in [0.3, 0.4) is 0 Å². The van der Waals surface area contributed by atoms with Gasteiger partial charge in [-0.3, -0.25) is 14.5 Å². The van der Waals surface area contributed by atoms with E-state index < -0.39 is 0 Å². The Kier molecular flexibility index (Phi) is 5.86. The highest BCUT2D eigenvalue weighted by Gasteiger charge is 2.11. The summed E-state index contributed by atoms with van der Waals surface area (Å²) in [5, 5.41) is 10.1. The van der Waals surface area contributed by atoms with Gasteiger partial charge in [-0.05, 0) is 42.8 Å². The molecule has 2 aromatic carbocycles. The van der Waals surface area contributed by atoms with Gasteiger partial charge in [0, 0.05) is 24.2 Å². The van der Waals surface area contributed by atoms with Crippen LogP contribution in [0.4, 0.5) is 5.69 Å². The molecule has 0 aliphatic carbocycles. The zero-order valence-corrected chi connectivity index (χ0v) is 16.6. The molecule has 0 radical (unpaired) electrons. The Morgan fingerprint density at radius 2 is 1.81 bits per heavy atom. The molecule has 0 atom stereocenters. The first-order valence-corrected chi connectivity index (χ1v) is 9.47. The van der Waals surface area contributed by atoms with Crippen molar-refractivity contribution in [2.75, 3.05) is 5.32 Å². The SMILES string of the molecule is Cc1ccc(-c2n[nH]c(=S)n2CCC(=O)Nc2ccc(C(C)C)cc2)cc1. The number of aromatic nitrogens is 3. The minimum Gasteiger partial charge on any atom is -0.326 e. The highest BCUT2D eigenvalue weighted by Crippen LogP contribution is 2.19. The fourth-order valence-corrected chi connectivity index (χ4v) is 3.06. The Labute approximate surface area is 164 Å². The number of aryl methyl sites for hydroxylation is 1. The van der Waals surface area contributed by atoms with Gasteiger partial charge in [-0.2, -0.15) is 5.10 Å². The van der Waals surface area contributed by atoms with Gasteiger partial charge in [0.1, 0.15) is 0 Å². The third kappa shape index (κ3) is 4.71. The Morgan fingerprint density at radius 1 is 1.15 bits per heavy atom. The van der Waals surface area contributed by atoms with E-state index in [1.165, 1.54) is 11.1 Å². The maximum Gasteiger partial charge on any atom is 0.226 e. The molecule has 6 heteroatoms. The van der Waals surface area contributed by atoms with E-state index in [0.29, 0.717) is 23.7 Å². The van der Waals surface area contributed by atoms with Gasteiger partial charge in [0.05, 0.1) is 0 Å².